The monoisotopic (exact) mass is 628 g/mol. The lowest BCUT2D eigenvalue weighted by Crippen LogP contribution is -2.17. The van der Waals surface area contributed by atoms with Crippen molar-refractivity contribution in [1.82, 2.24) is 5.43 Å². The number of benzene rings is 4. The van der Waals surface area contributed by atoms with Crippen molar-refractivity contribution in [2.24, 2.45) is 5.10 Å². The predicted molar refractivity (Wildman–Crippen MR) is 159 cm³/mol. The molecule has 0 spiro atoms. The summed E-state index contributed by atoms with van der Waals surface area (Å²) in [5, 5.41) is 5.05. The molecule has 5 nitrogen and oxygen atoms in total. The van der Waals surface area contributed by atoms with Crippen molar-refractivity contribution >= 4 is 63.0 Å². The number of hydrazone groups is 1. The van der Waals surface area contributed by atoms with Gasteiger partial charge in [0.25, 0.3) is 5.91 Å². The normalized spacial score (nSPS) is 10.9. The number of carbonyl (C=O) groups excluding carboxylic acids is 1. The summed E-state index contributed by atoms with van der Waals surface area (Å²) < 4.78 is 12.1. The molecule has 0 aliphatic heterocycles. The summed E-state index contributed by atoms with van der Waals surface area (Å²) in [4.78, 5) is 13.7. The largest absolute Gasteiger partial charge is 0.493 e. The Morgan fingerprint density at radius 1 is 0.974 bits per heavy atom. The van der Waals surface area contributed by atoms with E-state index in [1.54, 1.807) is 55.4 Å². The van der Waals surface area contributed by atoms with Gasteiger partial charge in [0.2, 0.25) is 0 Å². The van der Waals surface area contributed by atoms with Gasteiger partial charge in [0.05, 0.1) is 27.8 Å². The second kappa shape index (κ2) is 13.7. The molecule has 0 aliphatic carbocycles. The Morgan fingerprint density at radius 2 is 1.71 bits per heavy atom. The van der Waals surface area contributed by atoms with E-state index in [2.05, 4.69) is 38.6 Å². The third kappa shape index (κ3) is 7.77. The highest BCUT2D eigenvalue weighted by Crippen LogP contribution is 2.37. The number of rotatable bonds is 10. The van der Waals surface area contributed by atoms with Gasteiger partial charge in [0.1, 0.15) is 6.61 Å². The number of thioether (sulfide) groups is 1. The first-order valence-electron chi connectivity index (χ1n) is 11.5. The van der Waals surface area contributed by atoms with Crippen LogP contribution in [0.15, 0.2) is 99.4 Å². The van der Waals surface area contributed by atoms with Crippen LogP contribution in [-0.4, -0.2) is 19.2 Å². The van der Waals surface area contributed by atoms with Gasteiger partial charge in [-0.1, -0.05) is 59.6 Å². The molecule has 9 heteroatoms. The van der Waals surface area contributed by atoms with Gasteiger partial charge in [0.15, 0.2) is 11.5 Å². The summed E-state index contributed by atoms with van der Waals surface area (Å²) in [6, 6.07) is 26.6. The molecule has 4 aromatic carbocycles. The first-order chi connectivity index (χ1) is 18.4. The van der Waals surface area contributed by atoms with E-state index in [4.69, 9.17) is 32.7 Å². The predicted octanol–water partition coefficient (Wildman–Crippen LogP) is 8.40. The summed E-state index contributed by atoms with van der Waals surface area (Å²) in [5.74, 6) is 1.58. The zero-order chi connectivity index (χ0) is 26.9. The molecule has 0 bridgehead atoms. The van der Waals surface area contributed by atoms with E-state index in [0.29, 0.717) is 37.1 Å². The Bertz CT molecular complexity index is 1430. The topological polar surface area (TPSA) is 59.9 Å². The summed E-state index contributed by atoms with van der Waals surface area (Å²) in [5.41, 5.74) is 5.81. The fourth-order valence-electron chi connectivity index (χ4n) is 3.41. The van der Waals surface area contributed by atoms with Crippen molar-refractivity contribution in [3.63, 3.8) is 0 Å². The lowest BCUT2D eigenvalue weighted by atomic mass is 10.1. The van der Waals surface area contributed by atoms with Gasteiger partial charge in [-0.25, -0.2) is 5.43 Å². The SMILES string of the molecule is COc1cc(/C=N\NC(=O)c2ccc(CSc3ccccc3)cc2)cc(Br)c1OCc1ccc(Cl)c(Cl)c1. The van der Waals surface area contributed by atoms with Crippen LogP contribution in [-0.2, 0) is 12.4 Å². The molecular weight excluding hydrogens is 607 g/mol. The van der Waals surface area contributed by atoms with E-state index < -0.39 is 0 Å². The van der Waals surface area contributed by atoms with Gasteiger partial charge in [-0.05, 0) is 81.2 Å². The first kappa shape index (κ1) is 28.0. The summed E-state index contributed by atoms with van der Waals surface area (Å²) >= 11 is 17.3. The maximum absolute atomic E-state index is 12.5. The second-order valence-corrected chi connectivity index (χ2v) is 10.8. The van der Waals surface area contributed by atoms with Crippen LogP contribution in [0.25, 0.3) is 0 Å². The number of carbonyl (C=O) groups is 1. The maximum atomic E-state index is 12.5. The van der Waals surface area contributed by atoms with Crippen molar-refractivity contribution in [1.29, 1.82) is 0 Å². The average Bonchev–Trinajstić information content (AvgIpc) is 2.93. The molecule has 1 N–H and O–H groups in total. The number of hydrogen-bond donors (Lipinski definition) is 1. The Balaban J connectivity index is 1.34. The quantitative estimate of drug-likeness (QED) is 0.109. The van der Waals surface area contributed by atoms with Crippen LogP contribution < -0.4 is 14.9 Å². The molecule has 4 aromatic rings. The Morgan fingerprint density at radius 3 is 2.42 bits per heavy atom. The van der Waals surface area contributed by atoms with Crippen LogP contribution in [0.2, 0.25) is 10.0 Å². The van der Waals surface area contributed by atoms with Gasteiger partial charge >= 0.3 is 0 Å². The number of nitrogens with one attached hydrogen (secondary N) is 1. The van der Waals surface area contributed by atoms with E-state index >= 15 is 0 Å². The lowest BCUT2D eigenvalue weighted by molar-refractivity contribution is 0.0955. The number of hydrogen-bond acceptors (Lipinski definition) is 5. The number of methoxy groups -OCH3 is 1. The minimum atomic E-state index is -0.295. The summed E-state index contributed by atoms with van der Waals surface area (Å²) in [6.45, 7) is 0.277. The first-order valence-corrected chi connectivity index (χ1v) is 14.0. The van der Waals surface area contributed by atoms with Gasteiger partial charge in [-0.2, -0.15) is 5.10 Å². The van der Waals surface area contributed by atoms with Crippen molar-refractivity contribution in [3.05, 3.63) is 122 Å². The van der Waals surface area contributed by atoms with Gasteiger partial charge in [0, 0.05) is 16.2 Å². The highest BCUT2D eigenvalue weighted by atomic mass is 79.9. The number of halogens is 3. The highest BCUT2D eigenvalue weighted by Gasteiger charge is 2.12. The zero-order valence-corrected chi connectivity index (χ0v) is 24.2. The third-order valence-electron chi connectivity index (χ3n) is 5.36. The Kier molecular flexibility index (Phi) is 10.1. The molecule has 0 aliphatic rings. The van der Waals surface area contributed by atoms with Gasteiger partial charge < -0.3 is 9.47 Å². The molecule has 0 heterocycles. The lowest BCUT2D eigenvalue weighted by Gasteiger charge is -2.14. The fourth-order valence-corrected chi connectivity index (χ4v) is 5.18. The summed E-state index contributed by atoms with van der Waals surface area (Å²) in [6.07, 6.45) is 1.54. The molecule has 1 amide bonds. The Labute approximate surface area is 244 Å². The van der Waals surface area contributed by atoms with E-state index in [0.717, 1.165) is 16.9 Å². The van der Waals surface area contributed by atoms with Crippen LogP contribution in [0.3, 0.4) is 0 Å². The van der Waals surface area contributed by atoms with E-state index in [1.807, 2.05) is 42.5 Å². The van der Waals surface area contributed by atoms with Crippen LogP contribution >= 0.6 is 50.9 Å². The molecule has 0 saturated heterocycles. The molecule has 0 radical (unpaired) electrons. The molecule has 4 rings (SSSR count). The van der Waals surface area contributed by atoms with Crippen LogP contribution in [0.4, 0.5) is 0 Å². The standard InChI is InChI=1S/C29H23BrCl2N2O3S/c1-36-27-15-21(13-24(30)28(27)37-17-20-9-12-25(31)26(32)14-20)16-33-34-29(35)22-10-7-19(8-11-22)18-38-23-5-3-2-4-6-23/h2-16H,17-18H2,1H3,(H,34,35)/b33-16-. The average molecular weight is 630 g/mol. The van der Waals surface area contributed by atoms with Crippen molar-refractivity contribution in [3.8, 4) is 11.5 Å². The molecule has 38 heavy (non-hydrogen) atoms. The second-order valence-electron chi connectivity index (χ2n) is 8.07. The van der Waals surface area contributed by atoms with Crippen molar-refractivity contribution in [2.45, 2.75) is 17.3 Å². The third-order valence-corrected chi connectivity index (χ3v) is 7.77. The Hall–Kier alpha value is -2.97. The molecule has 194 valence electrons. The summed E-state index contributed by atoms with van der Waals surface area (Å²) in [7, 11) is 1.55. The molecule has 0 fully saturated rings. The highest BCUT2D eigenvalue weighted by molar-refractivity contribution is 9.10. The number of nitrogens with zero attached hydrogens (tertiary/aromatic N) is 1. The number of amides is 1. The van der Waals surface area contributed by atoms with Crippen molar-refractivity contribution < 1.29 is 14.3 Å². The van der Waals surface area contributed by atoms with E-state index in [1.165, 1.54) is 4.90 Å². The molecule has 0 unspecified atom stereocenters. The fraction of sp³-hybridized carbons (Fsp3) is 0.103. The van der Waals surface area contributed by atoms with E-state index in [-0.39, 0.29) is 12.5 Å². The maximum Gasteiger partial charge on any atom is 0.271 e. The van der Waals surface area contributed by atoms with Gasteiger partial charge in [-0.3, -0.25) is 4.79 Å². The molecular formula is C29H23BrCl2N2O3S. The van der Waals surface area contributed by atoms with Crippen LogP contribution in [0.1, 0.15) is 27.0 Å². The number of ether oxygens (including phenoxy) is 2. The zero-order valence-electron chi connectivity index (χ0n) is 20.3. The van der Waals surface area contributed by atoms with Crippen LogP contribution in [0, 0.1) is 0 Å². The van der Waals surface area contributed by atoms with Gasteiger partial charge in [-0.15, -0.1) is 11.8 Å². The van der Waals surface area contributed by atoms with Crippen LogP contribution in [0.5, 0.6) is 11.5 Å². The molecule has 0 saturated carbocycles. The minimum Gasteiger partial charge on any atom is -0.493 e. The van der Waals surface area contributed by atoms with E-state index in [9.17, 15) is 4.79 Å². The smallest absolute Gasteiger partial charge is 0.271 e. The molecule has 0 atom stereocenters. The molecule has 0 aromatic heterocycles. The van der Waals surface area contributed by atoms with Crippen molar-refractivity contribution in [2.75, 3.05) is 7.11 Å². The minimum absolute atomic E-state index is 0.277.